The third kappa shape index (κ3) is 6.32. The van der Waals surface area contributed by atoms with Crippen LogP contribution in [-0.2, 0) is 9.53 Å². The number of aromatic nitrogens is 1. The molecule has 0 aliphatic carbocycles. The third-order valence-electron chi connectivity index (χ3n) is 7.30. The summed E-state index contributed by atoms with van der Waals surface area (Å²) >= 11 is 1.12. The number of rotatable bonds is 11. The van der Waals surface area contributed by atoms with Crippen LogP contribution in [0, 0.1) is 20.2 Å². The fourth-order valence-corrected chi connectivity index (χ4v) is 6.15. The van der Waals surface area contributed by atoms with Crippen molar-refractivity contribution in [1.29, 1.82) is 0 Å². The Morgan fingerprint density at radius 2 is 1.58 bits per heavy atom. The predicted molar refractivity (Wildman–Crippen MR) is 173 cm³/mol. The van der Waals surface area contributed by atoms with Crippen molar-refractivity contribution in [3.05, 3.63) is 117 Å². The minimum absolute atomic E-state index is 0.0937. The second-order valence-corrected chi connectivity index (χ2v) is 11.1. The molecule has 1 aliphatic rings. The van der Waals surface area contributed by atoms with E-state index in [-0.39, 0.29) is 29.4 Å². The van der Waals surface area contributed by atoms with E-state index in [4.69, 9.17) is 23.7 Å². The topological polar surface area (TPSA) is 184 Å². The van der Waals surface area contributed by atoms with Gasteiger partial charge in [-0.05, 0) is 61.4 Å². The van der Waals surface area contributed by atoms with Crippen molar-refractivity contribution in [2.75, 3.05) is 27.9 Å². The Kier molecular flexibility index (Phi) is 9.56. The Bertz CT molecular complexity index is 2170. The van der Waals surface area contributed by atoms with Crippen LogP contribution in [0.2, 0.25) is 0 Å². The molecule has 0 spiro atoms. The van der Waals surface area contributed by atoms with E-state index in [9.17, 15) is 29.8 Å². The molecule has 0 saturated heterocycles. The zero-order chi connectivity index (χ0) is 34.7. The number of hydrogen-bond donors (Lipinski definition) is 0. The number of nitro benzene ring substituents is 2. The fourth-order valence-electron chi connectivity index (χ4n) is 5.11. The van der Waals surface area contributed by atoms with Gasteiger partial charge in [-0.3, -0.25) is 29.6 Å². The Labute approximate surface area is 275 Å². The highest BCUT2D eigenvalue weighted by Gasteiger charge is 2.34. The van der Waals surface area contributed by atoms with Gasteiger partial charge >= 0.3 is 11.7 Å². The van der Waals surface area contributed by atoms with Gasteiger partial charge in [0.1, 0.15) is 0 Å². The number of esters is 1. The second kappa shape index (κ2) is 13.8. The van der Waals surface area contributed by atoms with Crippen LogP contribution in [-0.4, -0.2) is 48.3 Å². The van der Waals surface area contributed by atoms with Gasteiger partial charge in [-0.25, -0.2) is 9.79 Å². The molecule has 0 fully saturated rings. The van der Waals surface area contributed by atoms with Crippen molar-refractivity contribution in [3.63, 3.8) is 0 Å². The molecule has 48 heavy (non-hydrogen) atoms. The van der Waals surface area contributed by atoms with Crippen molar-refractivity contribution >= 4 is 34.8 Å². The van der Waals surface area contributed by atoms with Crippen LogP contribution in [0.15, 0.2) is 75.7 Å². The predicted octanol–water partition coefficient (Wildman–Crippen LogP) is 4.43. The summed E-state index contributed by atoms with van der Waals surface area (Å²) in [7, 11) is 4.35. The number of hydrogen-bond acceptors (Lipinski definition) is 13. The quantitative estimate of drug-likeness (QED) is 0.124. The van der Waals surface area contributed by atoms with Crippen molar-refractivity contribution in [2.45, 2.75) is 19.9 Å². The van der Waals surface area contributed by atoms with Gasteiger partial charge < -0.3 is 23.7 Å². The van der Waals surface area contributed by atoms with Crippen LogP contribution in [0.3, 0.4) is 0 Å². The van der Waals surface area contributed by atoms with Gasteiger partial charge in [-0.1, -0.05) is 23.5 Å². The average molecular weight is 677 g/mol. The molecule has 4 aromatic rings. The Hall–Kier alpha value is -6.03. The normalized spacial score (nSPS) is 14.1. The lowest BCUT2D eigenvalue weighted by atomic mass is 9.95. The summed E-state index contributed by atoms with van der Waals surface area (Å²) in [5.41, 5.74) is 0.200. The van der Waals surface area contributed by atoms with E-state index in [0.717, 1.165) is 29.5 Å². The monoisotopic (exact) mass is 676 g/mol. The van der Waals surface area contributed by atoms with E-state index in [0.29, 0.717) is 37.7 Å². The maximum atomic E-state index is 14.0. The minimum Gasteiger partial charge on any atom is -0.493 e. The van der Waals surface area contributed by atoms with E-state index in [1.54, 1.807) is 50.3 Å². The molecular formula is C32H28N4O11S. The van der Waals surface area contributed by atoms with Gasteiger partial charge in [0.15, 0.2) is 27.8 Å². The summed E-state index contributed by atoms with van der Waals surface area (Å²) in [5, 5.41) is 22.7. The maximum Gasteiger partial charge on any atom is 0.338 e. The molecule has 0 radical (unpaired) electrons. The zero-order valence-corrected chi connectivity index (χ0v) is 27.1. The van der Waals surface area contributed by atoms with E-state index in [1.807, 2.05) is 0 Å². The molecule has 248 valence electrons. The lowest BCUT2D eigenvalue weighted by molar-refractivity contribution is -0.394. The van der Waals surface area contributed by atoms with Crippen molar-refractivity contribution in [2.24, 2.45) is 4.99 Å². The maximum absolute atomic E-state index is 14.0. The van der Waals surface area contributed by atoms with Crippen LogP contribution in [0.5, 0.6) is 28.7 Å². The number of nitrogens with zero attached hydrogens (tertiary/aromatic N) is 4. The molecule has 0 amide bonds. The van der Waals surface area contributed by atoms with Crippen LogP contribution < -0.4 is 33.8 Å². The molecule has 15 nitrogen and oxygen atoms in total. The van der Waals surface area contributed by atoms with E-state index in [2.05, 4.69) is 4.99 Å². The number of fused-ring (bicyclic) bond motifs is 1. The van der Waals surface area contributed by atoms with Gasteiger partial charge in [0.05, 0.1) is 65.7 Å². The summed E-state index contributed by atoms with van der Waals surface area (Å²) in [6.07, 6.45) is 1.61. The summed E-state index contributed by atoms with van der Waals surface area (Å²) in [6, 6.07) is 11.9. The number of carbonyl (C=O) groups excluding carboxylic acids is 1. The summed E-state index contributed by atoms with van der Waals surface area (Å²) in [4.78, 5) is 53.4. The second-order valence-electron chi connectivity index (χ2n) is 10.1. The molecule has 1 aliphatic heterocycles. The molecular weight excluding hydrogens is 648 g/mol. The number of ether oxygens (including phenoxy) is 5. The number of benzene rings is 3. The number of thiazole rings is 1. The van der Waals surface area contributed by atoms with Crippen molar-refractivity contribution < 1.29 is 38.3 Å². The van der Waals surface area contributed by atoms with Gasteiger partial charge in [-0.2, -0.15) is 0 Å². The molecule has 5 rings (SSSR count). The van der Waals surface area contributed by atoms with Crippen molar-refractivity contribution in [3.8, 4) is 28.7 Å². The molecule has 3 aromatic carbocycles. The first-order valence-corrected chi connectivity index (χ1v) is 15.0. The van der Waals surface area contributed by atoms with E-state index < -0.39 is 38.8 Å². The number of nitro groups is 2. The van der Waals surface area contributed by atoms with Crippen LogP contribution >= 0.6 is 11.3 Å². The first-order chi connectivity index (χ1) is 23.0. The highest BCUT2D eigenvalue weighted by atomic mass is 32.1. The fraction of sp³-hybridized carbons (Fsp3) is 0.219. The molecule has 1 atom stereocenters. The largest absolute Gasteiger partial charge is 0.493 e. The van der Waals surface area contributed by atoms with Gasteiger partial charge in [-0.15, -0.1) is 0 Å². The molecule has 2 heterocycles. The molecule has 16 heteroatoms. The summed E-state index contributed by atoms with van der Waals surface area (Å²) in [6.45, 7) is 3.49. The van der Waals surface area contributed by atoms with Gasteiger partial charge in [0.2, 0.25) is 5.75 Å². The zero-order valence-electron chi connectivity index (χ0n) is 26.2. The third-order valence-corrected chi connectivity index (χ3v) is 8.28. The number of allylic oxidation sites excluding steroid dienone is 1. The summed E-state index contributed by atoms with van der Waals surface area (Å²) < 4.78 is 29.1. The molecule has 0 saturated carbocycles. The molecule has 0 bridgehead atoms. The smallest absolute Gasteiger partial charge is 0.338 e. The Morgan fingerprint density at radius 1 is 0.917 bits per heavy atom. The lowest BCUT2D eigenvalue weighted by Gasteiger charge is -2.25. The highest BCUT2D eigenvalue weighted by Crippen LogP contribution is 2.39. The first kappa shape index (κ1) is 33.3. The number of carbonyl (C=O) groups is 1. The molecule has 0 unspecified atom stereocenters. The van der Waals surface area contributed by atoms with Crippen LogP contribution in [0.4, 0.5) is 11.4 Å². The van der Waals surface area contributed by atoms with Crippen molar-refractivity contribution in [1.82, 2.24) is 4.57 Å². The van der Waals surface area contributed by atoms with E-state index >= 15 is 0 Å². The van der Waals surface area contributed by atoms with Crippen LogP contribution in [0.1, 0.15) is 31.0 Å². The van der Waals surface area contributed by atoms with Crippen LogP contribution in [0.25, 0.3) is 6.08 Å². The SMILES string of the molecule is CCOC(=O)C1=C(C)N=c2s/c(=C\c3ccc(Oc4ccc([N+](=O)[O-])cc4[N+](=O)[O-])c(OC)c3)c(=O)n2[C@@H]1c1ccc(OC)c(OC)c1. The van der Waals surface area contributed by atoms with Gasteiger partial charge in [0.25, 0.3) is 11.2 Å². The number of methoxy groups -OCH3 is 3. The first-order valence-electron chi connectivity index (χ1n) is 14.2. The summed E-state index contributed by atoms with van der Waals surface area (Å²) in [5.74, 6) is 0.304. The molecule has 0 N–H and O–H groups in total. The lowest BCUT2D eigenvalue weighted by Crippen LogP contribution is -2.39. The van der Waals surface area contributed by atoms with E-state index in [1.165, 1.54) is 32.0 Å². The number of non-ortho nitro benzene ring substituents is 1. The Morgan fingerprint density at radius 3 is 2.23 bits per heavy atom. The van der Waals surface area contributed by atoms with Gasteiger partial charge in [0, 0.05) is 6.07 Å². The molecule has 1 aromatic heterocycles. The average Bonchev–Trinajstić information content (AvgIpc) is 3.37. The minimum atomic E-state index is -0.884. The standard InChI is InChI=1S/C32H28N4O11S/c1-6-46-31(38)28-17(2)33-32-34(29(28)19-8-11-23(43-3)26(15-19)45-5)30(37)27(48-32)14-18-7-10-24(25(13-18)44-4)47-22-12-9-20(35(39)40)16-21(22)36(41)42/h7-16,29H,6H2,1-5H3/b27-14-/t29-/m1/s1. The Balaban J connectivity index is 1.59. The highest BCUT2D eigenvalue weighted by molar-refractivity contribution is 7.07.